The molecule has 0 aliphatic carbocycles. The van der Waals surface area contributed by atoms with Gasteiger partial charge in [0.25, 0.3) is 0 Å². The minimum atomic E-state index is -0.685. The fraction of sp³-hybridized carbons (Fsp3) is 0.600. The van der Waals surface area contributed by atoms with E-state index >= 15 is 0 Å². The Bertz CT molecular complexity index is 429. The zero-order chi connectivity index (χ0) is 13.7. The van der Waals surface area contributed by atoms with Crippen LogP contribution in [0.2, 0.25) is 0 Å². The Hall–Kier alpha value is -0.670. The summed E-state index contributed by atoms with van der Waals surface area (Å²) < 4.78 is 11.0. The van der Waals surface area contributed by atoms with E-state index in [1.54, 1.807) is 6.26 Å². The maximum absolute atomic E-state index is 11.0. The molecular weight excluding hydrogens is 242 g/mol. The van der Waals surface area contributed by atoms with Crippen molar-refractivity contribution >= 4 is 10.8 Å². The van der Waals surface area contributed by atoms with Crippen LogP contribution in [0.25, 0.3) is 0 Å². The molecule has 2 atom stereocenters. The number of benzene rings is 1. The maximum Gasteiger partial charge on any atom is 0.0246 e. The number of aryl methyl sites for hydroxylation is 3. The molecule has 0 amide bonds. The van der Waals surface area contributed by atoms with Gasteiger partial charge in [-0.2, -0.15) is 0 Å². The van der Waals surface area contributed by atoms with Crippen LogP contribution in [-0.2, 0) is 17.3 Å². The van der Waals surface area contributed by atoms with E-state index in [4.69, 9.17) is 0 Å². The predicted molar refractivity (Wildman–Crippen MR) is 80.5 cm³/mol. The van der Waals surface area contributed by atoms with E-state index in [1.165, 1.54) is 22.3 Å². The quantitative estimate of drug-likeness (QED) is 0.858. The second-order valence-corrected chi connectivity index (χ2v) is 6.77. The highest BCUT2D eigenvalue weighted by atomic mass is 32.2. The van der Waals surface area contributed by atoms with E-state index in [-0.39, 0.29) is 0 Å². The lowest BCUT2D eigenvalue weighted by molar-refractivity contribution is 0.534. The van der Waals surface area contributed by atoms with Crippen LogP contribution in [0.1, 0.15) is 35.6 Å². The average Bonchev–Trinajstić information content (AvgIpc) is 2.29. The SMILES string of the molecule is Cc1cc(C)c(CNC(C)CCS(C)=O)cc1C. The molecule has 1 aromatic rings. The Balaban J connectivity index is 2.53. The third-order valence-corrected chi connectivity index (χ3v) is 4.24. The molecule has 0 bridgehead atoms. The van der Waals surface area contributed by atoms with Gasteiger partial charge in [0.1, 0.15) is 0 Å². The van der Waals surface area contributed by atoms with Crippen LogP contribution in [-0.4, -0.2) is 22.3 Å². The fourth-order valence-corrected chi connectivity index (χ4v) is 2.63. The van der Waals surface area contributed by atoms with Crippen molar-refractivity contribution in [3.63, 3.8) is 0 Å². The molecule has 0 aliphatic heterocycles. The molecule has 102 valence electrons. The lowest BCUT2D eigenvalue weighted by Gasteiger charge is -2.15. The van der Waals surface area contributed by atoms with Gasteiger partial charge in [-0.15, -0.1) is 0 Å². The number of hydrogen-bond acceptors (Lipinski definition) is 2. The van der Waals surface area contributed by atoms with Gasteiger partial charge in [0.2, 0.25) is 0 Å². The molecule has 0 fully saturated rings. The van der Waals surface area contributed by atoms with E-state index in [0.29, 0.717) is 6.04 Å². The van der Waals surface area contributed by atoms with Gasteiger partial charge >= 0.3 is 0 Å². The van der Waals surface area contributed by atoms with Crippen LogP contribution in [0.4, 0.5) is 0 Å². The lowest BCUT2D eigenvalue weighted by Crippen LogP contribution is -2.27. The van der Waals surface area contributed by atoms with Crippen molar-refractivity contribution in [1.29, 1.82) is 0 Å². The van der Waals surface area contributed by atoms with Crippen LogP contribution >= 0.6 is 0 Å². The standard InChI is InChI=1S/C15H25NOS/c1-11-8-13(3)15(9-12(11)2)10-16-14(4)6-7-18(5)17/h8-9,14,16H,6-7,10H2,1-5H3. The first-order chi connectivity index (χ1) is 8.40. The summed E-state index contributed by atoms with van der Waals surface area (Å²) in [6.07, 6.45) is 2.73. The summed E-state index contributed by atoms with van der Waals surface area (Å²) >= 11 is 0. The summed E-state index contributed by atoms with van der Waals surface area (Å²) in [5, 5.41) is 3.51. The third-order valence-electron chi connectivity index (χ3n) is 3.43. The molecule has 0 spiro atoms. The van der Waals surface area contributed by atoms with Crippen LogP contribution < -0.4 is 5.32 Å². The molecule has 0 saturated carbocycles. The van der Waals surface area contributed by atoms with Crippen molar-refractivity contribution in [2.24, 2.45) is 0 Å². The molecule has 1 rings (SSSR count). The average molecular weight is 267 g/mol. The smallest absolute Gasteiger partial charge is 0.0246 e. The molecule has 2 nitrogen and oxygen atoms in total. The second-order valence-electron chi connectivity index (χ2n) is 5.21. The van der Waals surface area contributed by atoms with E-state index in [2.05, 4.69) is 45.1 Å². The topological polar surface area (TPSA) is 29.1 Å². The Morgan fingerprint density at radius 3 is 2.39 bits per heavy atom. The van der Waals surface area contributed by atoms with E-state index in [1.807, 2.05) is 0 Å². The number of hydrogen-bond donors (Lipinski definition) is 1. The number of rotatable bonds is 6. The van der Waals surface area contributed by atoms with Gasteiger partial charge in [-0.1, -0.05) is 12.1 Å². The Morgan fingerprint density at radius 2 is 1.78 bits per heavy atom. The summed E-state index contributed by atoms with van der Waals surface area (Å²) in [7, 11) is -0.685. The van der Waals surface area contributed by atoms with Crippen molar-refractivity contribution in [1.82, 2.24) is 5.32 Å². The summed E-state index contributed by atoms with van der Waals surface area (Å²) in [4.78, 5) is 0. The highest BCUT2D eigenvalue weighted by Gasteiger charge is 2.05. The van der Waals surface area contributed by atoms with Gasteiger partial charge < -0.3 is 5.32 Å². The predicted octanol–water partition coefficient (Wildman–Crippen LogP) is 2.86. The van der Waals surface area contributed by atoms with Crippen molar-refractivity contribution in [2.45, 2.75) is 46.7 Å². The van der Waals surface area contributed by atoms with Gasteiger partial charge in [-0.05, 0) is 56.4 Å². The largest absolute Gasteiger partial charge is 0.310 e. The molecule has 1 N–H and O–H groups in total. The summed E-state index contributed by atoms with van der Waals surface area (Å²) in [5.74, 6) is 0.778. The maximum atomic E-state index is 11.0. The molecule has 1 aromatic carbocycles. The van der Waals surface area contributed by atoms with Crippen molar-refractivity contribution in [2.75, 3.05) is 12.0 Å². The minimum Gasteiger partial charge on any atom is -0.310 e. The first kappa shape index (κ1) is 15.4. The third kappa shape index (κ3) is 4.91. The highest BCUT2D eigenvalue weighted by molar-refractivity contribution is 7.84. The number of nitrogens with one attached hydrogen (secondary N) is 1. The Morgan fingerprint density at radius 1 is 1.17 bits per heavy atom. The van der Waals surface area contributed by atoms with Gasteiger partial charge in [0.05, 0.1) is 0 Å². The van der Waals surface area contributed by atoms with Crippen LogP contribution in [0.3, 0.4) is 0 Å². The van der Waals surface area contributed by atoms with Gasteiger partial charge in [-0.25, -0.2) is 0 Å². The van der Waals surface area contributed by atoms with E-state index < -0.39 is 10.8 Å². The monoisotopic (exact) mass is 267 g/mol. The minimum absolute atomic E-state index is 0.412. The molecule has 0 aliphatic rings. The van der Waals surface area contributed by atoms with Crippen molar-refractivity contribution in [3.05, 3.63) is 34.4 Å². The van der Waals surface area contributed by atoms with Gasteiger partial charge in [-0.3, -0.25) is 4.21 Å². The summed E-state index contributed by atoms with van der Waals surface area (Å²) in [6, 6.07) is 4.93. The van der Waals surface area contributed by atoms with Gasteiger partial charge in [0, 0.05) is 35.4 Å². The molecule has 0 saturated heterocycles. The Labute approximate surface area is 114 Å². The Kier molecular flexibility index (Phi) is 6.03. The summed E-state index contributed by atoms with van der Waals surface area (Å²) in [5.41, 5.74) is 5.41. The van der Waals surface area contributed by atoms with Crippen molar-refractivity contribution in [3.8, 4) is 0 Å². The molecule has 3 heteroatoms. The van der Waals surface area contributed by atoms with Crippen LogP contribution in [0.5, 0.6) is 0 Å². The molecule has 2 unspecified atom stereocenters. The summed E-state index contributed by atoms with van der Waals surface area (Å²) in [6.45, 7) is 9.52. The van der Waals surface area contributed by atoms with E-state index in [0.717, 1.165) is 18.7 Å². The fourth-order valence-electron chi connectivity index (χ4n) is 1.94. The van der Waals surface area contributed by atoms with E-state index in [9.17, 15) is 4.21 Å². The lowest BCUT2D eigenvalue weighted by atomic mass is 10.0. The molecule has 18 heavy (non-hydrogen) atoms. The molecule has 0 radical (unpaired) electrons. The second kappa shape index (κ2) is 7.05. The first-order valence-corrected chi connectivity index (χ1v) is 8.23. The normalized spacial score (nSPS) is 14.5. The van der Waals surface area contributed by atoms with Crippen LogP contribution in [0, 0.1) is 20.8 Å². The van der Waals surface area contributed by atoms with Crippen LogP contribution in [0.15, 0.2) is 12.1 Å². The zero-order valence-corrected chi connectivity index (χ0v) is 13.0. The highest BCUT2D eigenvalue weighted by Crippen LogP contribution is 2.15. The van der Waals surface area contributed by atoms with Crippen molar-refractivity contribution < 1.29 is 4.21 Å². The zero-order valence-electron chi connectivity index (χ0n) is 12.2. The van der Waals surface area contributed by atoms with Gasteiger partial charge in [0.15, 0.2) is 0 Å². The first-order valence-electron chi connectivity index (χ1n) is 6.50. The molecule has 0 heterocycles. The molecular formula is C15H25NOS. The molecule has 0 aromatic heterocycles.